The van der Waals surface area contributed by atoms with Crippen molar-refractivity contribution in [1.82, 2.24) is 29.8 Å². The number of fused-ring (bicyclic) bond motifs is 1. The van der Waals surface area contributed by atoms with Crippen molar-refractivity contribution in [3.63, 3.8) is 0 Å². The predicted molar refractivity (Wildman–Crippen MR) is 128 cm³/mol. The van der Waals surface area contributed by atoms with E-state index in [0.717, 1.165) is 11.3 Å². The van der Waals surface area contributed by atoms with E-state index in [4.69, 9.17) is 22.1 Å². The molecule has 11 nitrogen and oxygen atoms in total. The molecule has 3 aromatic heterocycles. The number of Topliss-reactive ketones (excluding diaryl/α,β-unsaturated/α-hetero) is 1. The predicted octanol–water partition coefficient (Wildman–Crippen LogP) is 2.80. The molecule has 4 aromatic rings. The molecule has 1 aromatic carbocycles. The highest BCUT2D eigenvalue weighted by Gasteiger charge is 2.36. The van der Waals surface area contributed by atoms with Crippen LogP contribution < -0.4 is 11.3 Å². The molecule has 14 heteroatoms. The number of anilines is 1. The highest BCUT2D eigenvalue weighted by atomic mass is 35.5. The van der Waals surface area contributed by atoms with Crippen LogP contribution in [0.25, 0.3) is 16.8 Å². The zero-order valence-electron chi connectivity index (χ0n) is 18.6. The first kappa shape index (κ1) is 23.8. The van der Waals surface area contributed by atoms with Crippen molar-refractivity contribution in [1.29, 1.82) is 0 Å². The number of halogens is 2. The second kappa shape index (κ2) is 9.24. The second-order valence-corrected chi connectivity index (χ2v) is 9.60. The second-order valence-electron chi connectivity index (χ2n) is 8.13. The quantitative estimate of drug-likeness (QED) is 0.294. The Morgan fingerprint density at radius 1 is 1.33 bits per heavy atom. The van der Waals surface area contributed by atoms with E-state index in [-0.39, 0.29) is 44.2 Å². The fourth-order valence-electron chi connectivity index (χ4n) is 4.22. The van der Waals surface area contributed by atoms with Gasteiger partial charge in [0, 0.05) is 17.3 Å². The third-order valence-electron chi connectivity index (χ3n) is 5.86. The van der Waals surface area contributed by atoms with Crippen molar-refractivity contribution in [3.05, 3.63) is 68.6 Å². The number of ketones is 1. The van der Waals surface area contributed by atoms with Gasteiger partial charge in [0.1, 0.15) is 12.4 Å². The largest absolute Gasteiger partial charge is 0.456 e. The maximum Gasteiger partial charge on any atom is 0.329 e. The lowest BCUT2D eigenvalue weighted by molar-refractivity contribution is -0.146. The lowest BCUT2D eigenvalue weighted by atomic mass is 9.99. The van der Waals surface area contributed by atoms with Crippen molar-refractivity contribution in [2.45, 2.75) is 25.3 Å². The Morgan fingerprint density at radius 2 is 2.14 bits per heavy atom. The maximum absolute atomic E-state index is 15.2. The molecule has 4 heterocycles. The third-order valence-corrected chi connectivity index (χ3v) is 7.02. The summed E-state index contributed by atoms with van der Waals surface area (Å²) in [4.78, 5) is 42.3. The van der Waals surface area contributed by atoms with Crippen molar-refractivity contribution in [2.75, 3.05) is 12.3 Å². The number of nitrogen functional groups attached to an aromatic ring is 1. The molecule has 2 atom stereocenters. The molecule has 0 saturated heterocycles. The SMILES string of the molecule is C[C@@H]1C[C@@H](C(=O)OCC(=O)c2cnc(N)s2)n2c1cc(-c1c(-n3cnnn3)ccc(Cl)c1F)cc2=O. The zero-order chi connectivity index (χ0) is 25.6. The number of hydrogen-bond donors (Lipinski definition) is 1. The van der Waals surface area contributed by atoms with Crippen LogP contribution in [0.3, 0.4) is 0 Å². The molecular formula is C22H17ClFN7O4S. The van der Waals surface area contributed by atoms with Gasteiger partial charge >= 0.3 is 5.97 Å². The molecule has 0 saturated carbocycles. The lowest BCUT2D eigenvalue weighted by Crippen LogP contribution is -2.29. The van der Waals surface area contributed by atoms with E-state index in [1.807, 2.05) is 6.92 Å². The van der Waals surface area contributed by atoms with Crippen LogP contribution in [0.2, 0.25) is 5.02 Å². The Balaban J connectivity index is 1.47. The normalized spacial score (nSPS) is 16.6. The van der Waals surface area contributed by atoms with Crippen LogP contribution in [-0.4, -0.2) is 48.1 Å². The number of carbonyl (C=O) groups excluding carboxylic acids is 2. The monoisotopic (exact) mass is 529 g/mol. The lowest BCUT2D eigenvalue weighted by Gasteiger charge is -2.16. The van der Waals surface area contributed by atoms with Gasteiger partial charge in [0.05, 0.1) is 21.8 Å². The topological polar surface area (TPSA) is 148 Å². The molecular weight excluding hydrogens is 513 g/mol. The molecule has 0 spiro atoms. The standard InChI is InChI=1S/C22H17ClFN7O4S/c1-10-4-15(21(34)35-8-16(32)17-7-26-22(25)36-17)31-14(10)5-11(6-18(31)33)19-13(30-9-27-28-29-30)3-2-12(23)20(19)24/h2-3,5-7,9-10,15H,4,8H2,1H3,(H2,25,26)/t10-,15+/m1/s1. The highest BCUT2D eigenvalue weighted by Crippen LogP contribution is 2.39. The molecule has 0 bridgehead atoms. The first-order chi connectivity index (χ1) is 17.2. The molecule has 184 valence electrons. The summed E-state index contributed by atoms with van der Waals surface area (Å²) in [5, 5.41) is 11.1. The van der Waals surface area contributed by atoms with Crippen molar-refractivity contribution < 1.29 is 18.7 Å². The smallest absolute Gasteiger partial charge is 0.329 e. The van der Waals surface area contributed by atoms with Crippen molar-refractivity contribution >= 4 is 39.8 Å². The summed E-state index contributed by atoms with van der Waals surface area (Å²) in [6, 6.07) is 4.83. The van der Waals surface area contributed by atoms with Gasteiger partial charge in [-0.1, -0.05) is 29.9 Å². The number of hydrogen-bond acceptors (Lipinski definition) is 10. The summed E-state index contributed by atoms with van der Waals surface area (Å²) in [6.07, 6.45) is 2.88. The first-order valence-corrected chi connectivity index (χ1v) is 11.8. The average Bonchev–Trinajstić information content (AvgIpc) is 3.60. The van der Waals surface area contributed by atoms with Crippen LogP contribution >= 0.6 is 22.9 Å². The summed E-state index contributed by atoms with van der Waals surface area (Å²) in [7, 11) is 0. The van der Waals surface area contributed by atoms with Gasteiger partial charge in [-0.15, -0.1) is 5.10 Å². The van der Waals surface area contributed by atoms with Crippen LogP contribution in [0, 0.1) is 5.82 Å². The number of carbonyl (C=O) groups is 2. The first-order valence-electron chi connectivity index (χ1n) is 10.6. The summed E-state index contributed by atoms with van der Waals surface area (Å²) in [6.45, 7) is 1.33. The maximum atomic E-state index is 15.2. The van der Waals surface area contributed by atoms with Crippen LogP contribution in [-0.2, 0) is 9.53 Å². The van der Waals surface area contributed by atoms with Gasteiger partial charge in [0.15, 0.2) is 17.6 Å². The van der Waals surface area contributed by atoms with E-state index in [0.29, 0.717) is 5.69 Å². The van der Waals surface area contributed by atoms with Crippen molar-refractivity contribution in [3.8, 4) is 16.8 Å². The minimum absolute atomic E-state index is 0.0444. The minimum atomic E-state index is -0.931. The molecule has 1 aliphatic rings. The number of thiazole rings is 1. The zero-order valence-corrected chi connectivity index (χ0v) is 20.2. The summed E-state index contributed by atoms with van der Waals surface area (Å²) in [5.41, 5.74) is 6.11. The fraction of sp³-hybridized carbons (Fsp3) is 0.227. The molecule has 0 aliphatic carbocycles. The number of ether oxygens (including phenoxy) is 1. The van der Waals surface area contributed by atoms with Crippen LogP contribution in [0.4, 0.5) is 9.52 Å². The van der Waals surface area contributed by atoms with Gasteiger partial charge < -0.3 is 10.5 Å². The molecule has 2 N–H and O–H groups in total. The minimum Gasteiger partial charge on any atom is -0.456 e. The number of nitrogens with zero attached hydrogens (tertiary/aromatic N) is 6. The van der Waals surface area contributed by atoms with E-state index in [9.17, 15) is 14.4 Å². The molecule has 0 amide bonds. The molecule has 1 aliphatic heterocycles. The number of esters is 1. The number of nitrogens with two attached hydrogens (primary N) is 1. The Bertz CT molecular complexity index is 1550. The van der Waals surface area contributed by atoms with Crippen LogP contribution in [0.15, 0.2) is 41.6 Å². The van der Waals surface area contributed by atoms with Gasteiger partial charge in [-0.2, -0.15) is 4.68 Å². The van der Waals surface area contributed by atoms with Gasteiger partial charge in [-0.25, -0.2) is 14.2 Å². The number of benzene rings is 1. The highest BCUT2D eigenvalue weighted by molar-refractivity contribution is 7.17. The number of rotatable bonds is 6. The summed E-state index contributed by atoms with van der Waals surface area (Å²) < 4.78 is 23.0. The average molecular weight is 530 g/mol. The third kappa shape index (κ3) is 4.16. The van der Waals surface area contributed by atoms with Gasteiger partial charge in [0.25, 0.3) is 5.56 Å². The van der Waals surface area contributed by atoms with E-state index in [2.05, 4.69) is 20.5 Å². The molecule has 0 unspecified atom stereocenters. The van der Waals surface area contributed by atoms with E-state index in [1.54, 1.807) is 12.1 Å². The number of tetrazole rings is 1. The molecule has 5 rings (SSSR count). The van der Waals surface area contributed by atoms with E-state index in [1.165, 1.54) is 33.9 Å². The van der Waals surface area contributed by atoms with E-state index < -0.39 is 35.8 Å². The molecule has 36 heavy (non-hydrogen) atoms. The van der Waals surface area contributed by atoms with Crippen LogP contribution in [0.1, 0.15) is 40.7 Å². The van der Waals surface area contributed by atoms with Gasteiger partial charge in [-0.05, 0) is 46.5 Å². The number of pyridine rings is 1. The Hall–Kier alpha value is -3.97. The summed E-state index contributed by atoms with van der Waals surface area (Å²) >= 11 is 7.02. The fourth-order valence-corrected chi connectivity index (χ4v) is 4.99. The van der Waals surface area contributed by atoms with Gasteiger partial charge in [-0.3, -0.25) is 14.2 Å². The Kier molecular flexibility index (Phi) is 6.10. The molecule has 0 radical (unpaired) electrons. The van der Waals surface area contributed by atoms with E-state index >= 15 is 4.39 Å². The number of aromatic nitrogens is 6. The molecule has 0 fully saturated rings. The van der Waals surface area contributed by atoms with Gasteiger partial charge in [0.2, 0.25) is 5.78 Å². The summed E-state index contributed by atoms with van der Waals surface area (Å²) in [5.74, 6) is -2.13. The van der Waals surface area contributed by atoms with Crippen molar-refractivity contribution in [2.24, 2.45) is 0 Å². The Morgan fingerprint density at radius 3 is 2.83 bits per heavy atom. The Labute approximate surface area is 211 Å². The van der Waals surface area contributed by atoms with Crippen LogP contribution in [0.5, 0.6) is 0 Å².